The maximum atomic E-state index is 12.8. The molecule has 0 saturated carbocycles. The van der Waals surface area contributed by atoms with Crippen molar-refractivity contribution in [3.8, 4) is 23.0 Å². The average Bonchev–Trinajstić information content (AvgIpc) is 3.20. The van der Waals surface area contributed by atoms with Crippen LogP contribution in [0.25, 0.3) is 11.5 Å². The van der Waals surface area contributed by atoms with Crippen molar-refractivity contribution in [1.82, 2.24) is 15.0 Å². The molecule has 28 heavy (non-hydrogen) atoms. The number of hydrogen-bond acceptors (Lipinski definition) is 6. The fourth-order valence-corrected chi connectivity index (χ4v) is 2.80. The Morgan fingerprint density at radius 3 is 2.68 bits per heavy atom. The van der Waals surface area contributed by atoms with Crippen LogP contribution in [-0.2, 0) is 6.42 Å². The van der Waals surface area contributed by atoms with Gasteiger partial charge in [0.1, 0.15) is 11.5 Å². The molecule has 1 heterocycles. The van der Waals surface area contributed by atoms with Crippen LogP contribution in [0.15, 0.2) is 47.0 Å². The van der Waals surface area contributed by atoms with E-state index in [9.17, 15) is 4.79 Å². The molecule has 0 saturated heterocycles. The van der Waals surface area contributed by atoms with Crippen molar-refractivity contribution in [2.24, 2.45) is 0 Å². The van der Waals surface area contributed by atoms with Gasteiger partial charge < -0.3 is 18.9 Å². The van der Waals surface area contributed by atoms with E-state index in [4.69, 9.17) is 14.0 Å². The van der Waals surface area contributed by atoms with Crippen LogP contribution in [0.3, 0.4) is 0 Å². The van der Waals surface area contributed by atoms with Crippen LogP contribution in [0.4, 0.5) is 0 Å². The first-order chi connectivity index (χ1) is 13.5. The minimum atomic E-state index is -0.151. The Kier molecular flexibility index (Phi) is 5.93. The largest absolute Gasteiger partial charge is 0.497 e. The zero-order valence-electron chi connectivity index (χ0n) is 16.4. The first-order valence-electron chi connectivity index (χ1n) is 8.89. The second-order valence-corrected chi connectivity index (χ2v) is 6.43. The highest BCUT2D eigenvalue weighted by Gasteiger charge is 2.18. The number of hydrogen-bond donors (Lipinski definition) is 0. The molecule has 146 valence electrons. The second-order valence-electron chi connectivity index (χ2n) is 6.43. The molecule has 0 radical (unpaired) electrons. The number of aryl methyl sites for hydroxylation is 1. The van der Waals surface area contributed by atoms with Gasteiger partial charge in [0.05, 0.1) is 19.8 Å². The standard InChI is InChI=1S/C21H23N3O4/c1-14-6-5-7-15(12-14)20-22-19(23-28-20)10-11-24(2)21(25)17-9-8-16(26-3)13-18(17)27-4/h5-9,12-13H,10-11H2,1-4H3. The van der Waals surface area contributed by atoms with Crippen LogP contribution in [0.1, 0.15) is 21.7 Å². The predicted molar refractivity (Wildman–Crippen MR) is 105 cm³/mol. The molecular weight excluding hydrogens is 358 g/mol. The minimum Gasteiger partial charge on any atom is -0.497 e. The lowest BCUT2D eigenvalue weighted by Gasteiger charge is -2.18. The highest BCUT2D eigenvalue weighted by molar-refractivity contribution is 5.97. The van der Waals surface area contributed by atoms with Crippen LogP contribution in [0.5, 0.6) is 11.5 Å². The molecule has 7 heteroatoms. The molecule has 3 aromatic rings. The lowest BCUT2D eigenvalue weighted by Crippen LogP contribution is -2.29. The van der Waals surface area contributed by atoms with Crippen molar-refractivity contribution < 1.29 is 18.8 Å². The maximum absolute atomic E-state index is 12.8. The number of rotatable bonds is 7. The molecule has 0 N–H and O–H groups in total. The number of benzene rings is 2. The monoisotopic (exact) mass is 381 g/mol. The van der Waals surface area contributed by atoms with Crippen molar-refractivity contribution in [3.63, 3.8) is 0 Å². The molecule has 0 bridgehead atoms. The number of ether oxygens (including phenoxy) is 2. The Labute approximate surface area is 163 Å². The van der Waals surface area contributed by atoms with E-state index >= 15 is 0 Å². The van der Waals surface area contributed by atoms with Crippen LogP contribution in [0, 0.1) is 6.92 Å². The van der Waals surface area contributed by atoms with Crippen molar-refractivity contribution in [2.45, 2.75) is 13.3 Å². The molecule has 0 fully saturated rings. The quantitative estimate of drug-likeness (QED) is 0.624. The van der Waals surface area contributed by atoms with Gasteiger partial charge in [-0.25, -0.2) is 0 Å². The highest BCUT2D eigenvalue weighted by atomic mass is 16.5. The lowest BCUT2D eigenvalue weighted by molar-refractivity contribution is 0.0792. The molecule has 7 nitrogen and oxygen atoms in total. The number of likely N-dealkylation sites (N-methyl/N-ethyl adjacent to an activating group) is 1. The zero-order chi connectivity index (χ0) is 20.1. The van der Waals surface area contributed by atoms with Gasteiger partial charge in [-0.3, -0.25) is 4.79 Å². The third kappa shape index (κ3) is 4.31. The van der Waals surface area contributed by atoms with E-state index in [0.717, 1.165) is 11.1 Å². The summed E-state index contributed by atoms with van der Waals surface area (Å²) in [4.78, 5) is 18.8. The lowest BCUT2D eigenvalue weighted by atomic mass is 10.1. The van der Waals surface area contributed by atoms with Gasteiger partial charge in [0.2, 0.25) is 0 Å². The third-order valence-corrected chi connectivity index (χ3v) is 4.39. The van der Waals surface area contributed by atoms with Crippen molar-refractivity contribution in [3.05, 3.63) is 59.4 Å². The van der Waals surface area contributed by atoms with E-state index in [1.807, 2.05) is 31.2 Å². The summed E-state index contributed by atoms with van der Waals surface area (Å²) in [6.07, 6.45) is 0.482. The van der Waals surface area contributed by atoms with Gasteiger partial charge in [0.25, 0.3) is 11.8 Å². The molecule has 0 atom stereocenters. The summed E-state index contributed by atoms with van der Waals surface area (Å²) in [5, 5.41) is 4.02. The van der Waals surface area contributed by atoms with Gasteiger partial charge in [-0.2, -0.15) is 4.98 Å². The number of aromatic nitrogens is 2. The number of methoxy groups -OCH3 is 2. The van der Waals surface area contributed by atoms with E-state index in [1.54, 1.807) is 37.3 Å². The number of carbonyl (C=O) groups excluding carboxylic acids is 1. The summed E-state index contributed by atoms with van der Waals surface area (Å²) >= 11 is 0. The molecule has 0 unspecified atom stereocenters. The smallest absolute Gasteiger partial charge is 0.257 e. The van der Waals surface area contributed by atoms with Gasteiger partial charge in [0, 0.05) is 31.6 Å². The Balaban J connectivity index is 1.66. The molecule has 1 aromatic heterocycles. The van der Waals surface area contributed by atoms with Crippen LogP contribution in [0.2, 0.25) is 0 Å². The Morgan fingerprint density at radius 1 is 1.14 bits per heavy atom. The van der Waals surface area contributed by atoms with Gasteiger partial charge in [-0.1, -0.05) is 22.9 Å². The molecule has 0 aliphatic heterocycles. The van der Waals surface area contributed by atoms with Crippen molar-refractivity contribution >= 4 is 5.91 Å². The summed E-state index contributed by atoms with van der Waals surface area (Å²) in [6, 6.07) is 13.0. The molecule has 2 aromatic carbocycles. The highest BCUT2D eigenvalue weighted by Crippen LogP contribution is 2.25. The summed E-state index contributed by atoms with van der Waals surface area (Å²) < 4.78 is 15.8. The van der Waals surface area contributed by atoms with E-state index in [1.165, 1.54) is 7.11 Å². The van der Waals surface area contributed by atoms with Crippen LogP contribution < -0.4 is 9.47 Å². The van der Waals surface area contributed by atoms with Gasteiger partial charge in [-0.15, -0.1) is 0 Å². The maximum Gasteiger partial charge on any atom is 0.257 e. The summed E-state index contributed by atoms with van der Waals surface area (Å²) in [5.74, 6) is 1.98. The Hall–Kier alpha value is -3.35. The summed E-state index contributed by atoms with van der Waals surface area (Å²) in [5.41, 5.74) is 2.47. The molecule has 0 aliphatic carbocycles. The first-order valence-corrected chi connectivity index (χ1v) is 8.89. The number of nitrogens with zero attached hydrogens (tertiary/aromatic N) is 3. The summed E-state index contributed by atoms with van der Waals surface area (Å²) in [6.45, 7) is 2.45. The van der Waals surface area contributed by atoms with E-state index < -0.39 is 0 Å². The van der Waals surface area contributed by atoms with Crippen LogP contribution >= 0.6 is 0 Å². The Bertz CT molecular complexity index is 968. The second kappa shape index (κ2) is 8.56. The fraction of sp³-hybridized carbons (Fsp3) is 0.286. The van der Waals surface area contributed by atoms with E-state index in [0.29, 0.717) is 41.7 Å². The number of amides is 1. The molecule has 1 amide bonds. The average molecular weight is 381 g/mol. The third-order valence-electron chi connectivity index (χ3n) is 4.39. The molecule has 0 spiro atoms. The number of carbonyl (C=O) groups is 1. The molecule has 0 aliphatic rings. The van der Waals surface area contributed by atoms with Gasteiger partial charge >= 0.3 is 0 Å². The van der Waals surface area contributed by atoms with E-state index in [-0.39, 0.29) is 5.91 Å². The van der Waals surface area contributed by atoms with E-state index in [2.05, 4.69) is 10.1 Å². The topological polar surface area (TPSA) is 77.7 Å². The van der Waals surface area contributed by atoms with Gasteiger partial charge in [-0.05, 0) is 31.2 Å². The Morgan fingerprint density at radius 2 is 1.96 bits per heavy atom. The van der Waals surface area contributed by atoms with Crippen LogP contribution in [-0.4, -0.2) is 48.8 Å². The SMILES string of the molecule is COc1ccc(C(=O)N(C)CCc2noc(-c3cccc(C)c3)n2)c(OC)c1. The molecule has 3 rings (SSSR count). The summed E-state index contributed by atoms with van der Waals surface area (Å²) in [7, 11) is 4.82. The fourth-order valence-electron chi connectivity index (χ4n) is 2.80. The van der Waals surface area contributed by atoms with Crippen molar-refractivity contribution in [1.29, 1.82) is 0 Å². The normalized spacial score (nSPS) is 10.6. The van der Waals surface area contributed by atoms with Crippen molar-refractivity contribution in [2.75, 3.05) is 27.8 Å². The molecular formula is C21H23N3O4. The zero-order valence-corrected chi connectivity index (χ0v) is 16.4. The minimum absolute atomic E-state index is 0.151. The predicted octanol–water partition coefficient (Wildman–Crippen LogP) is 3.38. The van der Waals surface area contributed by atoms with Gasteiger partial charge in [0.15, 0.2) is 5.82 Å². The first kappa shape index (κ1) is 19.4.